The lowest BCUT2D eigenvalue weighted by atomic mass is 10.1. The van der Waals surface area contributed by atoms with Crippen molar-refractivity contribution < 1.29 is 0 Å². The number of hydrogen-bond acceptors (Lipinski definition) is 2. The lowest BCUT2D eigenvalue weighted by Crippen LogP contribution is -2.11. The molecule has 0 spiro atoms. The zero-order valence-electron chi connectivity index (χ0n) is 10.8. The summed E-state index contributed by atoms with van der Waals surface area (Å²) in [5.41, 5.74) is 2.37. The van der Waals surface area contributed by atoms with Crippen LogP contribution in [0.5, 0.6) is 0 Å². The first-order valence-corrected chi connectivity index (χ1v) is 9.17. The van der Waals surface area contributed by atoms with E-state index in [1.165, 1.54) is 5.56 Å². The predicted molar refractivity (Wildman–Crippen MR) is 94.1 cm³/mol. The molecule has 0 nitrogen and oxygen atoms in total. The van der Waals surface area contributed by atoms with Crippen molar-refractivity contribution in [3.63, 3.8) is 0 Å². The SMILES string of the molecule is Brc1ccc(C#CC2(c3ccccc3)SCCS2)cc1. The van der Waals surface area contributed by atoms with E-state index in [-0.39, 0.29) is 4.08 Å². The highest BCUT2D eigenvalue weighted by Crippen LogP contribution is 2.51. The van der Waals surface area contributed by atoms with E-state index < -0.39 is 0 Å². The molecule has 20 heavy (non-hydrogen) atoms. The molecule has 0 aromatic heterocycles. The molecule has 1 heterocycles. The van der Waals surface area contributed by atoms with Crippen molar-refractivity contribution >= 4 is 39.5 Å². The monoisotopic (exact) mass is 360 g/mol. The quantitative estimate of drug-likeness (QED) is 0.646. The maximum absolute atomic E-state index is 3.51. The molecule has 1 aliphatic rings. The van der Waals surface area contributed by atoms with Gasteiger partial charge in [0.05, 0.1) is 0 Å². The molecule has 2 aromatic rings. The number of thioether (sulfide) groups is 2. The van der Waals surface area contributed by atoms with Gasteiger partial charge in [-0.1, -0.05) is 58.1 Å². The van der Waals surface area contributed by atoms with Crippen molar-refractivity contribution in [1.29, 1.82) is 0 Å². The van der Waals surface area contributed by atoms with Gasteiger partial charge in [-0.15, -0.1) is 23.5 Å². The van der Waals surface area contributed by atoms with E-state index in [4.69, 9.17) is 0 Å². The van der Waals surface area contributed by atoms with Gasteiger partial charge in [-0.3, -0.25) is 0 Å². The van der Waals surface area contributed by atoms with E-state index in [9.17, 15) is 0 Å². The fourth-order valence-electron chi connectivity index (χ4n) is 2.07. The smallest absolute Gasteiger partial charge is 0.126 e. The summed E-state index contributed by atoms with van der Waals surface area (Å²) in [5.74, 6) is 9.17. The molecule has 0 unspecified atom stereocenters. The summed E-state index contributed by atoms with van der Waals surface area (Å²) >= 11 is 7.34. The highest BCUT2D eigenvalue weighted by atomic mass is 79.9. The van der Waals surface area contributed by atoms with Crippen molar-refractivity contribution in [2.24, 2.45) is 0 Å². The molecule has 2 aromatic carbocycles. The maximum atomic E-state index is 3.51. The van der Waals surface area contributed by atoms with Gasteiger partial charge in [0.15, 0.2) is 0 Å². The van der Waals surface area contributed by atoms with Crippen LogP contribution >= 0.6 is 39.5 Å². The highest BCUT2D eigenvalue weighted by molar-refractivity contribution is 9.10. The molecule has 0 N–H and O–H groups in total. The molecule has 1 saturated heterocycles. The fourth-order valence-corrected chi connectivity index (χ4v) is 5.26. The maximum Gasteiger partial charge on any atom is 0.148 e. The molecule has 100 valence electrons. The van der Waals surface area contributed by atoms with Gasteiger partial charge in [-0.2, -0.15) is 0 Å². The van der Waals surface area contributed by atoms with Crippen LogP contribution in [-0.4, -0.2) is 11.5 Å². The molecule has 0 atom stereocenters. The summed E-state index contributed by atoms with van der Waals surface area (Å²) < 4.78 is 0.986. The molecule has 0 amide bonds. The van der Waals surface area contributed by atoms with Gasteiger partial charge < -0.3 is 0 Å². The highest BCUT2D eigenvalue weighted by Gasteiger charge is 2.35. The third-order valence-corrected chi connectivity index (χ3v) is 6.86. The largest absolute Gasteiger partial charge is 0.148 e. The van der Waals surface area contributed by atoms with Crippen LogP contribution in [-0.2, 0) is 4.08 Å². The van der Waals surface area contributed by atoms with Gasteiger partial charge in [0.25, 0.3) is 0 Å². The lowest BCUT2D eigenvalue weighted by molar-refractivity contribution is 1.20. The van der Waals surface area contributed by atoms with Gasteiger partial charge in [0, 0.05) is 21.5 Å². The Labute approximate surface area is 136 Å². The Morgan fingerprint density at radius 1 is 0.900 bits per heavy atom. The zero-order valence-corrected chi connectivity index (χ0v) is 14.0. The third kappa shape index (κ3) is 3.09. The van der Waals surface area contributed by atoms with Crippen molar-refractivity contribution in [2.75, 3.05) is 11.5 Å². The number of halogens is 1. The van der Waals surface area contributed by atoms with Gasteiger partial charge in [-0.25, -0.2) is 0 Å². The molecular weight excluding hydrogens is 348 g/mol. The van der Waals surface area contributed by atoms with Crippen molar-refractivity contribution in [2.45, 2.75) is 4.08 Å². The summed E-state index contributed by atoms with van der Waals surface area (Å²) in [6, 6.07) is 18.8. The molecule has 1 fully saturated rings. The van der Waals surface area contributed by atoms with Gasteiger partial charge >= 0.3 is 0 Å². The Morgan fingerprint density at radius 2 is 1.55 bits per heavy atom. The Balaban J connectivity index is 1.95. The Morgan fingerprint density at radius 3 is 2.20 bits per heavy atom. The summed E-state index contributed by atoms with van der Waals surface area (Å²) in [7, 11) is 0. The number of rotatable bonds is 1. The zero-order chi connectivity index (χ0) is 13.8. The molecule has 0 saturated carbocycles. The van der Waals surface area contributed by atoms with Crippen LogP contribution in [0.1, 0.15) is 11.1 Å². The predicted octanol–water partition coefficient (Wildman–Crippen LogP) is 5.13. The Bertz CT molecular complexity index is 632. The second-order valence-electron chi connectivity index (χ2n) is 4.44. The first-order valence-electron chi connectivity index (χ1n) is 6.41. The molecular formula is C17H13BrS2. The minimum Gasteiger partial charge on any atom is -0.126 e. The second-order valence-corrected chi connectivity index (χ2v) is 8.23. The minimum atomic E-state index is -0.103. The summed E-state index contributed by atoms with van der Waals surface area (Å²) in [5, 5.41) is 0. The summed E-state index contributed by atoms with van der Waals surface area (Å²) in [4.78, 5) is 0. The van der Waals surface area contributed by atoms with E-state index in [2.05, 4.69) is 70.2 Å². The van der Waals surface area contributed by atoms with E-state index in [0.29, 0.717) is 0 Å². The van der Waals surface area contributed by atoms with Crippen LogP contribution < -0.4 is 0 Å². The first kappa shape index (κ1) is 14.1. The topological polar surface area (TPSA) is 0 Å². The molecule has 1 aliphatic heterocycles. The number of benzene rings is 2. The third-order valence-electron chi connectivity index (χ3n) is 3.06. The standard InChI is InChI=1S/C17H13BrS2/c18-16-8-6-14(7-9-16)10-11-17(19-12-13-20-17)15-4-2-1-3-5-15/h1-9H,12-13H2. The Kier molecular flexibility index (Phi) is 4.45. The van der Waals surface area contributed by atoms with E-state index in [0.717, 1.165) is 21.5 Å². The van der Waals surface area contributed by atoms with Gasteiger partial charge in [-0.05, 0) is 29.8 Å². The van der Waals surface area contributed by atoms with E-state index in [1.54, 1.807) is 0 Å². The summed E-state index contributed by atoms with van der Waals surface area (Å²) in [6.07, 6.45) is 0. The van der Waals surface area contributed by atoms with E-state index in [1.807, 2.05) is 35.7 Å². The van der Waals surface area contributed by atoms with Crippen LogP contribution in [0.3, 0.4) is 0 Å². The summed E-state index contributed by atoms with van der Waals surface area (Å²) in [6.45, 7) is 0. The van der Waals surface area contributed by atoms with Crippen LogP contribution in [0.2, 0.25) is 0 Å². The Hall–Kier alpha value is -0.820. The normalized spacial score (nSPS) is 16.4. The fraction of sp³-hybridized carbons (Fsp3) is 0.176. The van der Waals surface area contributed by atoms with E-state index >= 15 is 0 Å². The van der Waals surface area contributed by atoms with Crippen LogP contribution in [0, 0.1) is 11.8 Å². The van der Waals surface area contributed by atoms with Gasteiger partial charge in [0.2, 0.25) is 0 Å². The van der Waals surface area contributed by atoms with Crippen molar-refractivity contribution in [3.8, 4) is 11.8 Å². The molecule has 0 radical (unpaired) electrons. The molecule has 3 heteroatoms. The van der Waals surface area contributed by atoms with Gasteiger partial charge in [0.1, 0.15) is 4.08 Å². The number of hydrogen-bond donors (Lipinski definition) is 0. The first-order chi connectivity index (χ1) is 9.78. The van der Waals surface area contributed by atoms with Crippen LogP contribution in [0.25, 0.3) is 0 Å². The minimum absolute atomic E-state index is 0.103. The van der Waals surface area contributed by atoms with Crippen molar-refractivity contribution in [3.05, 3.63) is 70.2 Å². The molecule has 3 rings (SSSR count). The second kappa shape index (κ2) is 6.30. The average molecular weight is 361 g/mol. The molecule has 0 aliphatic carbocycles. The molecule has 0 bridgehead atoms. The van der Waals surface area contributed by atoms with Crippen LogP contribution in [0.15, 0.2) is 59.1 Å². The average Bonchev–Trinajstić information content (AvgIpc) is 2.98. The van der Waals surface area contributed by atoms with Crippen molar-refractivity contribution in [1.82, 2.24) is 0 Å². The van der Waals surface area contributed by atoms with Crippen LogP contribution in [0.4, 0.5) is 0 Å². The lowest BCUT2D eigenvalue weighted by Gasteiger charge is -2.21.